The second kappa shape index (κ2) is 8.52. The molecule has 0 aliphatic rings. The number of aldehydes is 1. The predicted molar refractivity (Wildman–Crippen MR) is 93.5 cm³/mol. The van der Waals surface area contributed by atoms with Gasteiger partial charge in [0.2, 0.25) is 6.10 Å². The van der Waals surface area contributed by atoms with Gasteiger partial charge in [-0.2, -0.15) is 0 Å². The van der Waals surface area contributed by atoms with Crippen molar-refractivity contribution in [3.63, 3.8) is 0 Å². The first kappa shape index (κ1) is 19.5. The zero-order valence-electron chi connectivity index (χ0n) is 13.9. The molecule has 0 saturated carbocycles. The molecule has 27 heavy (non-hydrogen) atoms. The van der Waals surface area contributed by atoms with Gasteiger partial charge in [-0.05, 0) is 41.5 Å². The third-order valence-corrected chi connectivity index (χ3v) is 3.59. The molecule has 140 valence electrons. The van der Waals surface area contributed by atoms with E-state index in [9.17, 15) is 34.8 Å². The van der Waals surface area contributed by atoms with Crippen molar-refractivity contribution in [2.45, 2.75) is 12.5 Å². The molecule has 0 aromatic heterocycles. The van der Waals surface area contributed by atoms with E-state index in [-0.39, 0.29) is 29.2 Å². The Morgan fingerprint density at radius 2 is 1.70 bits per heavy atom. The van der Waals surface area contributed by atoms with Crippen LogP contribution >= 0.6 is 0 Å². The van der Waals surface area contributed by atoms with Gasteiger partial charge in [0.25, 0.3) is 0 Å². The van der Waals surface area contributed by atoms with Gasteiger partial charge < -0.3 is 25.2 Å². The highest BCUT2D eigenvalue weighted by molar-refractivity contribution is 5.89. The van der Waals surface area contributed by atoms with Gasteiger partial charge in [-0.25, -0.2) is 9.59 Å². The van der Waals surface area contributed by atoms with Gasteiger partial charge >= 0.3 is 11.9 Å². The fraction of sp³-hybridized carbons (Fsp3) is 0.105. The monoisotopic (exact) mass is 372 g/mol. The summed E-state index contributed by atoms with van der Waals surface area (Å²) < 4.78 is 4.91. The molecule has 0 saturated heterocycles. The summed E-state index contributed by atoms with van der Waals surface area (Å²) in [6, 6.07) is 7.85. The van der Waals surface area contributed by atoms with Crippen LogP contribution in [0.5, 0.6) is 17.2 Å². The Morgan fingerprint density at radius 3 is 2.33 bits per heavy atom. The second-order valence-electron chi connectivity index (χ2n) is 5.56. The molecule has 2 aromatic carbocycles. The van der Waals surface area contributed by atoms with Crippen molar-refractivity contribution in [3.8, 4) is 17.2 Å². The van der Waals surface area contributed by atoms with Crippen molar-refractivity contribution in [2.24, 2.45) is 0 Å². The molecular weight excluding hydrogens is 356 g/mol. The Morgan fingerprint density at radius 1 is 1.00 bits per heavy atom. The van der Waals surface area contributed by atoms with Crippen LogP contribution in [0.25, 0.3) is 6.08 Å². The Labute approximate surface area is 153 Å². The van der Waals surface area contributed by atoms with Crippen molar-refractivity contribution < 1.29 is 39.5 Å². The van der Waals surface area contributed by atoms with Crippen molar-refractivity contribution in [1.82, 2.24) is 0 Å². The predicted octanol–water partition coefficient (Wildman–Crippen LogP) is 1.87. The van der Waals surface area contributed by atoms with E-state index < -0.39 is 18.0 Å². The van der Waals surface area contributed by atoms with E-state index >= 15 is 0 Å². The lowest BCUT2D eigenvalue weighted by Gasteiger charge is -2.13. The third-order valence-electron chi connectivity index (χ3n) is 3.59. The van der Waals surface area contributed by atoms with Gasteiger partial charge in [-0.3, -0.25) is 4.79 Å². The number of ether oxygens (including phenoxy) is 1. The molecule has 0 spiro atoms. The molecule has 2 aromatic rings. The van der Waals surface area contributed by atoms with E-state index in [0.717, 1.165) is 6.08 Å². The number of benzene rings is 2. The first-order valence-corrected chi connectivity index (χ1v) is 7.70. The maximum absolute atomic E-state index is 11.9. The number of esters is 1. The second-order valence-corrected chi connectivity index (χ2v) is 5.56. The van der Waals surface area contributed by atoms with Gasteiger partial charge in [-0.1, -0.05) is 12.1 Å². The SMILES string of the molecule is O=Cc1cc(CC(OC(=O)C=Cc2ccc(O)c(O)c2)C(=O)O)ccc1O. The number of phenolic OH excluding ortho intramolecular Hbond substituents is 3. The minimum atomic E-state index is -1.50. The smallest absolute Gasteiger partial charge is 0.345 e. The molecule has 1 atom stereocenters. The number of carbonyl (C=O) groups excluding carboxylic acids is 2. The van der Waals surface area contributed by atoms with Crippen LogP contribution in [0.3, 0.4) is 0 Å². The highest BCUT2D eigenvalue weighted by atomic mass is 16.6. The standard InChI is InChI=1S/C19H16O8/c20-10-13-7-12(2-4-14(13)21)9-17(19(25)26)27-18(24)6-3-11-1-5-15(22)16(23)8-11/h1-8,10,17,21-23H,9H2,(H,25,26). The van der Waals surface area contributed by atoms with Crippen LogP contribution in [-0.4, -0.2) is 44.8 Å². The minimum Gasteiger partial charge on any atom is -0.507 e. The summed E-state index contributed by atoms with van der Waals surface area (Å²) in [5.74, 6) is -3.22. The quantitative estimate of drug-likeness (QED) is 0.250. The lowest BCUT2D eigenvalue weighted by molar-refractivity contribution is -0.160. The number of carbonyl (C=O) groups is 3. The highest BCUT2D eigenvalue weighted by Gasteiger charge is 2.22. The number of rotatable bonds is 7. The Hall–Kier alpha value is -3.81. The molecule has 0 radical (unpaired) electrons. The summed E-state index contributed by atoms with van der Waals surface area (Å²) in [7, 11) is 0. The molecular formula is C19H16O8. The van der Waals surface area contributed by atoms with Crippen LogP contribution in [-0.2, 0) is 20.7 Å². The van der Waals surface area contributed by atoms with E-state index in [1.54, 1.807) is 0 Å². The van der Waals surface area contributed by atoms with Crippen LogP contribution in [0.15, 0.2) is 42.5 Å². The number of hydrogen-bond acceptors (Lipinski definition) is 7. The van der Waals surface area contributed by atoms with Crippen molar-refractivity contribution >= 4 is 24.3 Å². The molecule has 4 N–H and O–H groups in total. The Bertz CT molecular complexity index is 901. The van der Waals surface area contributed by atoms with Gasteiger partial charge in [0.05, 0.1) is 5.56 Å². The number of aromatic hydroxyl groups is 3. The molecule has 8 nitrogen and oxygen atoms in total. The molecule has 0 aliphatic heterocycles. The average Bonchev–Trinajstić information content (AvgIpc) is 2.63. The van der Waals surface area contributed by atoms with Gasteiger partial charge in [-0.15, -0.1) is 0 Å². The van der Waals surface area contributed by atoms with Crippen molar-refractivity contribution in [1.29, 1.82) is 0 Å². The maximum Gasteiger partial charge on any atom is 0.345 e. The van der Waals surface area contributed by atoms with Crippen LogP contribution in [0.2, 0.25) is 0 Å². The molecule has 0 aliphatic carbocycles. The third kappa shape index (κ3) is 5.33. The lowest BCUT2D eigenvalue weighted by atomic mass is 10.0. The van der Waals surface area contributed by atoms with Crippen LogP contribution in [0.1, 0.15) is 21.5 Å². The molecule has 2 rings (SSSR count). The number of carboxylic acids is 1. The Balaban J connectivity index is 2.07. The van der Waals surface area contributed by atoms with E-state index in [1.807, 2.05) is 0 Å². The first-order valence-electron chi connectivity index (χ1n) is 7.70. The highest BCUT2D eigenvalue weighted by Crippen LogP contribution is 2.25. The zero-order valence-corrected chi connectivity index (χ0v) is 13.9. The van der Waals surface area contributed by atoms with Crippen LogP contribution in [0, 0.1) is 0 Å². The summed E-state index contributed by atoms with van der Waals surface area (Å²) in [6.45, 7) is 0. The van der Waals surface area contributed by atoms with E-state index in [0.29, 0.717) is 17.4 Å². The van der Waals surface area contributed by atoms with Gasteiger partial charge in [0.15, 0.2) is 17.8 Å². The largest absolute Gasteiger partial charge is 0.507 e. The summed E-state index contributed by atoms with van der Waals surface area (Å²) in [4.78, 5) is 34.0. The van der Waals surface area contributed by atoms with Crippen molar-refractivity contribution in [2.75, 3.05) is 0 Å². The number of carboxylic acid groups (broad SMARTS) is 1. The summed E-state index contributed by atoms with van der Waals surface area (Å²) >= 11 is 0. The molecule has 0 amide bonds. The average molecular weight is 372 g/mol. The van der Waals surface area contributed by atoms with Crippen molar-refractivity contribution in [3.05, 3.63) is 59.2 Å². The topological polar surface area (TPSA) is 141 Å². The summed E-state index contributed by atoms with van der Waals surface area (Å²) in [5, 5.41) is 37.3. The van der Waals surface area contributed by atoms with E-state index in [1.165, 1.54) is 42.5 Å². The first-order chi connectivity index (χ1) is 12.8. The van der Waals surface area contributed by atoms with E-state index in [4.69, 9.17) is 4.74 Å². The number of phenols is 3. The van der Waals surface area contributed by atoms with Gasteiger partial charge in [0, 0.05) is 12.5 Å². The molecule has 1 unspecified atom stereocenters. The van der Waals surface area contributed by atoms with Crippen LogP contribution < -0.4 is 0 Å². The van der Waals surface area contributed by atoms with Crippen LogP contribution in [0.4, 0.5) is 0 Å². The molecule has 8 heteroatoms. The Kier molecular flexibility index (Phi) is 6.16. The molecule has 0 heterocycles. The summed E-state index contributed by atoms with van der Waals surface area (Å²) in [5.41, 5.74) is 0.779. The fourth-order valence-electron chi connectivity index (χ4n) is 2.21. The maximum atomic E-state index is 11.9. The summed E-state index contributed by atoms with van der Waals surface area (Å²) in [6.07, 6.45) is 0.993. The normalized spacial score (nSPS) is 11.9. The molecule has 0 fully saturated rings. The zero-order chi connectivity index (χ0) is 20.0. The molecule has 0 bridgehead atoms. The number of hydrogen-bond donors (Lipinski definition) is 4. The minimum absolute atomic E-state index is 0.00463. The lowest BCUT2D eigenvalue weighted by Crippen LogP contribution is -2.28. The number of aliphatic carboxylic acids is 1. The fourth-order valence-corrected chi connectivity index (χ4v) is 2.21. The van der Waals surface area contributed by atoms with E-state index in [2.05, 4.69) is 0 Å². The van der Waals surface area contributed by atoms with Gasteiger partial charge in [0.1, 0.15) is 5.75 Å².